The summed E-state index contributed by atoms with van der Waals surface area (Å²) in [6.07, 6.45) is 4.59. The summed E-state index contributed by atoms with van der Waals surface area (Å²) in [7, 11) is 1.96. The van der Waals surface area contributed by atoms with Crippen molar-refractivity contribution in [3.63, 3.8) is 0 Å². The van der Waals surface area contributed by atoms with Crippen LogP contribution in [0.25, 0.3) is 5.82 Å². The van der Waals surface area contributed by atoms with E-state index in [0.717, 1.165) is 18.1 Å². The van der Waals surface area contributed by atoms with Gasteiger partial charge in [-0.1, -0.05) is 0 Å². The van der Waals surface area contributed by atoms with Gasteiger partial charge in [-0.25, -0.2) is 9.67 Å². The number of nitrogens with zero attached hydrogens (tertiary/aromatic N) is 3. The summed E-state index contributed by atoms with van der Waals surface area (Å²) in [6, 6.07) is 4.25. The minimum absolute atomic E-state index is 0.680. The van der Waals surface area contributed by atoms with E-state index < -0.39 is 0 Å². The first-order chi connectivity index (χ1) is 9.19. The molecule has 2 aromatic rings. The molecule has 0 aliphatic heterocycles. The van der Waals surface area contributed by atoms with Crippen molar-refractivity contribution < 1.29 is 0 Å². The molecule has 1 fully saturated rings. The molecule has 4 heteroatoms. The molecule has 0 radical (unpaired) electrons. The summed E-state index contributed by atoms with van der Waals surface area (Å²) in [5, 5.41) is 7.91. The Morgan fingerprint density at radius 2 is 2.16 bits per heavy atom. The van der Waals surface area contributed by atoms with Gasteiger partial charge in [-0.15, -0.1) is 0 Å². The Morgan fingerprint density at radius 1 is 1.37 bits per heavy atom. The van der Waals surface area contributed by atoms with Crippen molar-refractivity contribution in [2.45, 2.75) is 39.2 Å². The number of nitrogens with one attached hydrogen (secondary N) is 1. The second kappa shape index (κ2) is 4.78. The highest BCUT2D eigenvalue weighted by molar-refractivity contribution is 5.41. The highest BCUT2D eigenvalue weighted by Crippen LogP contribution is 2.39. The minimum Gasteiger partial charge on any atom is -0.316 e. The molecular formula is C15H20N4. The van der Waals surface area contributed by atoms with Crippen LogP contribution >= 0.6 is 0 Å². The molecule has 0 saturated heterocycles. The number of hydrogen-bond acceptors (Lipinski definition) is 3. The van der Waals surface area contributed by atoms with Crippen molar-refractivity contribution in [2.24, 2.45) is 0 Å². The van der Waals surface area contributed by atoms with Crippen LogP contribution < -0.4 is 5.32 Å². The van der Waals surface area contributed by atoms with Gasteiger partial charge in [0.2, 0.25) is 0 Å². The van der Waals surface area contributed by atoms with Gasteiger partial charge in [-0.2, -0.15) is 5.10 Å². The second-order valence-electron chi connectivity index (χ2n) is 5.37. The normalized spacial score (nSPS) is 14.9. The predicted octanol–water partition coefficient (Wildman–Crippen LogP) is 2.48. The molecule has 1 aliphatic rings. The first kappa shape index (κ1) is 12.4. The van der Waals surface area contributed by atoms with E-state index in [1.54, 1.807) is 0 Å². The third kappa shape index (κ3) is 2.40. The van der Waals surface area contributed by atoms with E-state index in [-0.39, 0.29) is 0 Å². The molecule has 0 amide bonds. The summed E-state index contributed by atoms with van der Waals surface area (Å²) < 4.78 is 1.93. The van der Waals surface area contributed by atoms with E-state index in [1.807, 2.05) is 24.9 Å². The zero-order valence-electron chi connectivity index (χ0n) is 11.8. The molecule has 2 aromatic heterocycles. The molecular weight excluding hydrogens is 236 g/mol. The van der Waals surface area contributed by atoms with Crippen molar-refractivity contribution in [3.05, 3.63) is 40.8 Å². The highest BCUT2D eigenvalue weighted by Gasteiger charge is 2.26. The SMILES string of the molecule is CNCc1c(C)cc(C)nc1-n1ccc(C2CC2)n1. The highest BCUT2D eigenvalue weighted by atomic mass is 15.3. The molecule has 3 rings (SSSR count). The van der Waals surface area contributed by atoms with Crippen LogP contribution in [0.3, 0.4) is 0 Å². The van der Waals surface area contributed by atoms with Crippen molar-refractivity contribution >= 4 is 0 Å². The summed E-state index contributed by atoms with van der Waals surface area (Å²) in [4.78, 5) is 4.68. The fourth-order valence-electron chi connectivity index (χ4n) is 2.48. The topological polar surface area (TPSA) is 42.7 Å². The molecule has 1 aliphatic carbocycles. The van der Waals surface area contributed by atoms with Crippen LogP contribution in [0, 0.1) is 13.8 Å². The number of aromatic nitrogens is 3. The van der Waals surface area contributed by atoms with Crippen LogP contribution in [0.4, 0.5) is 0 Å². The predicted molar refractivity (Wildman–Crippen MR) is 75.6 cm³/mol. The van der Waals surface area contributed by atoms with Gasteiger partial charge < -0.3 is 5.32 Å². The molecule has 0 atom stereocenters. The molecule has 4 nitrogen and oxygen atoms in total. The van der Waals surface area contributed by atoms with Gasteiger partial charge >= 0.3 is 0 Å². The van der Waals surface area contributed by atoms with Crippen LogP contribution in [0.2, 0.25) is 0 Å². The zero-order valence-corrected chi connectivity index (χ0v) is 11.8. The van der Waals surface area contributed by atoms with Crippen molar-refractivity contribution in [1.82, 2.24) is 20.1 Å². The molecule has 0 aromatic carbocycles. The summed E-state index contributed by atoms with van der Waals surface area (Å²) in [5.41, 5.74) is 4.73. The molecule has 2 heterocycles. The molecule has 1 N–H and O–H groups in total. The average Bonchev–Trinajstić information content (AvgIpc) is 3.11. The second-order valence-corrected chi connectivity index (χ2v) is 5.37. The Morgan fingerprint density at radius 3 is 2.84 bits per heavy atom. The lowest BCUT2D eigenvalue weighted by atomic mass is 10.1. The average molecular weight is 256 g/mol. The molecule has 0 bridgehead atoms. The standard InChI is InChI=1S/C15H20N4/c1-10-8-11(2)17-15(13(10)9-16-3)19-7-6-14(18-19)12-4-5-12/h6-8,12,16H,4-5,9H2,1-3H3. The Labute approximate surface area is 113 Å². The maximum Gasteiger partial charge on any atom is 0.158 e. The third-order valence-electron chi connectivity index (χ3n) is 3.63. The summed E-state index contributed by atoms with van der Waals surface area (Å²) in [5.74, 6) is 1.64. The number of hydrogen-bond donors (Lipinski definition) is 1. The van der Waals surface area contributed by atoms with Gasteiger partial charge in [-0.05, 0) is 51.4 Å². The number of aryl methyl sites for hydroxylation is 2. The molecule has 19 heavy (non-hydrogen) atoms. The van der Waals surface area contributed by atoms with E-state index >= 15 is 0 Å². The molecule has 1 saturated carbocycles. The number of pyridine rings is 1. The van der Waals surface area contributed by atoms with Crippen molar-refractivity contribution in [1.29, 1.82) is 0 Å². The molecule has 0 spiro atoms. The Balaban J connectivity index is 2.05. The summed E-state index contributed by atoms with van der Waals surface area (Å²) in [6.45, 7) is 4.98. The van der Waals surface area contributed by atoms with E-state index in [2.05, 4.69) is 29.4 Å². The van der Waals surface area contributed by atoms with E-state index in [9.17, 15) is 0 Å². The van der Waals surface area contributed by atoms with E-state index in [1.165, 1.54) is 29.7 Å². The van der Waals surface area contributed by atoms with Gasteiger partial charge in [0.15, 0.2) is 5.82 Å². The largest absolute Gasteiger partial charge is 0.316 e. The Kier molecular flexibility index (Phi) is 3.11. The van der Waals surface area contributed by atoms with Gasteiger partial charge in [0.1, 0.15) is 0 Å². The first-order valence-corrected chi connectivity index (χ1v) is 6.86. The number of rotatable bonds is 4. The third-order valence-corrected chi connectivity index (χ3v) is 3.63. The van der Waals surface area contributed by atoms with Gasteiger partial charge in [-0.3, -0.25) is 0 Å². The van der Waals surface area contributed by atoms with E-state index in [0.29, 0.717) is 5.92 Å². The maximum absolute atomic E-state index is 4.69. The van der Waals surface area contributed by atoms with Crippen LogP contribution in [0.1, 0.15) is 41.3 Å². The van der Waals surface area contributed by atoms with Gasteiger partial charge in [0.05, 0.1) is 5.69 Å². The van der Waals surface area contributed by atoms with Crippen molar-refractivity contribution in [3.8, 4) is 5.82 Å². The van der Waals surface area contributed by atoms with Crippen LogP contribution in [0.15, 0.2) is 18.3 Å². The zero-order chi connectivity index (χ0) is 13.4. The van der Waals surface area contributed by atoms with Gasteiger partial charge in [0.25, 0.3) is 0 Å². The first-order valence-electron chi connectivity index (χ1n) is 6.86. The lowest BCUT2D eigenvalue weighted by Gasteiger charge is -2.12. The molecule has 0 unspecified atom stereocenters. The minimum atomic E-state index is 0.680. The Hall–Kier alpha value is -1.68. The van der Waals surface area contributed by atoms with Crippen LogP contribution in [-0.2, 0) is 6.54 Å². The quantitative estimate of drug-likeness (QED) is 0.914. The molecule has 100 valence electrons. The lowest BCUT2D eigenvalue weighted by Crippen LogP contribution is -2.13. The van der Waals surface area contributed by atoms with Gasteiger partial charge in [0, 0.05) is 29.9 Å². The van der Waals surface area contributed by atoms with Crippen molar-refractivity contribution in [2.75, 3.05) is 7.05 Å². The fourth-order valence-corrected chi connectivity index (χ4v) is 2.48. The van der Waals surface area contributed by atoms with Crippen LogP contribution in [0.5, 0.6) is 0 Å². The van der Waals surface area contributed by atoms with Crippen LogP contribution in [-0.4, -0.2) is 21.8 Å². The lowest BCUT2D eigenvalue weighted by molar-refractivity contribution is 0.752. The smallest absolute Gasteiger partial charge is 0.158 e. The monoisotopic (exact) mass is 256 g/mol. The maximum atomic E-state index is 4.69. The summed E-state index contributed by atoms with van der Waals surface area (Å²) >= 11 is 0. The van der Waals surface area contributed by atoms with E-state index in [4.69, 9.17) is 5.10 Å². The fraction of sp³-hybridized carbons (Fsp3) is 0.467. The Bertz CT molecular complexity index is 596.